The Kier molecular flexibility index (Phi) is 6.61. The molecule has 2 N–H and O–H groups in total. The summed E-state index contributed by atoms with van der Waals surface area (Å²) in [5.41, 5.74) is 0.976. The summed E-state index contributed by atoms with van der Waals surface area (Å²) in [5, 5.41) is 14.7. The molecule has 1 heterocycles. The molecule has 22 heavy (non-hydrogen) atoms. The summed E-state index contributed by atoms with van der Waals surface area (Å²) in [6.07, 6.45) is 7.94. The van der Waals surface area contributed by atoms with E-state index in [-0.39, 0.29) is 0 Å². The molecule has 1 aromatic carbocycles. The van der Waals surface area contributed by atoms with E-state index in [0.29, 0.717) is 17.8 Å². The van der Waals surface area contributed by atoms with Crippen LogP contribution in [0.25, 0.3) is 0 Å². The third kappa shape index (κ3) is 5.68. The zero-order valence-corrected chi connectivity index (χ0v) is 13.4. The first kappa shape index (κ1) is 16.2. The number of nitrogens with zero attached hydrogens (tertiary/aromatic N) is 3. The molecule has 118 valence electrons. The fourth-order valence-corrected chi connectivity index (χ4v) is 2.24. The Balaban J connectivity index is 1.79. The van der Waals surface area contributed by atoms with Gasteiger partial charge >= 0.3 is 0 Å². The van der Waals surface area contributed by atoms with Crippen LogP contribution in [-0.4, -0.2) is 21.2 Å². The molecule has 0 aliphatic carbocycles. The first-order valence-corrected chi connectivity index (χ1v) is 8.06. The SMILES string of the molecule is CCCCCCC(C)Nc1ncc(Nc2ccccc2)nn1. The van der Waals surface area contributed by atoms with Gasteiger partial charge in [0.25, 0.3) is 0 Å². The number of hydrogen-bond donors (Lipinski definition) is 2. The lowest BCUT2D eigenvalue weighted by molar-refractivity contribution is 0.591. The Morgan fingerprint density at radius 3 is 2.55 bits per heavy atom. The van der Waals surface area contributed by atoms with Gasteiger partial charge in [-0.15, -0.1) is 10.2 Å². The molecule has 0 aliphatic rings. The predicted octanol–water partition coefficient (Wildman–Crippen LogP) is 4.39. The lowest BCUT2D eigenvalue weighted by atomic mass is 10.1. The van der Waals surface area contributed by atoms with Gasteiger partial charge in [0, 0.05) is 11.7 Å². The molecule has 5 nitrogen and oxygen atoms in total. The number of hydrogen-bond acceptors (Lipinski definition) is 5. The van der Waals surface area contributed by atoms with E-state index in [1.807, 2.05) is 30.3 Å². The molecular weight excluding hydrogens is 274 g/mol. The van der Waals surface area contributed by atoms with Crippen LogP contribution in [0.1, 0.15) is 46.0 Å². The van der Waals surface area contributed by atoms with E-state index in [9.17, 15) is 0 Å². The van der Waals surface area contributed by atoms with Gasteiger partial charge in [-0.05, 0) is 25.5 Å². The summed E-state index contributed by atoms with van der Waals surface area (Å²) in [6, 6.07) is 10.2. The van der Waals surface area contributed by atoms with Gasteiger partial charge < -0.3 is 10.6 Å². The molecule has 0 bridgehead atoms. The van der Waals surface area contributed by atoms with Gasteiger partial charge in [0.15, 0.2) is 5.82 Å². The lowest BCUT2D eigenvalue weighted by Gasteiger charge is -2.13. The van der Waals surface area contributed by atoms with Gasteiger partial charge in [-0.25, -0.2) is 4.98 Å². The molecule has 5 heteroatoms. The summed E-state index contributed by atoms with van der Waals surface area (Å²) in [7, 11) is 0. The lowest BCUT2D eigenvalue weighted by Crippen LogP contribution is -2.17. The second kappa shape index (κ2) is 8.97. The highest BCUT2D eigenvalue weighted by Crippen LogP contribution is 2.13. The van der Waals surface area contributed by atoms with Crippen molar-refractivity contribution in [1.82, 2.24) is 15.2 Å². The van der Waals surface area contributed by atoms with E-state index >= 15 is 0 Å². The smallest absolute Gasteiger partial charge is 0.243 e. The quantitative estimate of drug-likeness (QED) is 0.672. The van der Waals surface area contributed by atoms with E-state index in [1.165, 1.54) is 25.7 Å². The van der Waals surface area contributed by atoms with Gasteiger partial charge in [0.1, 0.15) is 0 Å². The van der Waals surface area contributed by atoms with Crippen molar-refractivity contribution in [3.05, 3.63) is 36.5 Å². The number of benzene rings is 1. The van der Waals surface area contributed by atoms with E-state index in [2.05, 4.69) is 39.7 Å². The van der Waals surface area contributed by atoms with Crippen LogP contribution in [0.15, 0.2) is 36.5 Å². The van der Waals surface area contributed by atoms with Crippen LogP contribution in [0.3, 0.4) is 0 Å². The topological polar surface area (TPSA) is 62.7 Å². The highest BCUT2D eigenvalue weighted by Gasteiger charge is 2.05. The summed E-state index contributed by atoms with van der Waals surface area (Å²) in [4.78, 5) is 4.31. The Morgan fingerprint density at radius 2 is 1.86 bits per heavy atom. The second-order valence-corrected chi connectivity index (χ2v) is 5.55. The first-order valence-electron chi connectivity index (χ1n) is 8.06. The molecule has 0 fully saturated rings. The van der Waals surface area contributed by atoms with Gasteiger partial charge in [-0.2, -0.15) is 0 Å². The minimum Gasteiger partial charge on any atom is -0.350 e. The zero-order valence-electron chi connectivity index (χ0n) is 13.4. The van der Waals surface area contributed by atoms with Crippen LogP contribution >= 0.6 is 0 Å². The van der Waals surface area contributed by atoms with E-state index in [1.54, 1.807) is 6.20 Å². The van der Waals surface area contributed by atoms with Crippen molar-refractivity contribution in [2.45, 2.75) is 52.0 Å². The third-order valence-electron chi connectivity index (χ3n) is 3.47. The average molecular weight is 299 g/mol. The molecule has 0 amide bonds. The number of rotatable bonds is 9. The molecule has 0 spiro atoms. The molecule has 0 aliphatic heterocycles. The maximum atomic E-state index is 4.31. The van der Waals surface area contributed by atoms with Crippen LogP contribution in [0.2, 0.25) is 0 Å². The van der Waals surface area contributed by atoms with E-state index in [4.69, 9.17) is 0 Å². The molecule has 0 saturated carbocycles. The van der Waals surface area contributed by atoms with Crippen LogP contribution in [0.4, 0.5) is 17.5 Å². The highest BCUT2D eigenvalue weighted by molar-refractivity contribution is 5.54. The van der Waals surface area contributed by atoms with E-state index < -0.39 is 0 Å². The van der Waals surface area contributed by atoms with Crippen molar-refractivity contribution in [2.75, 3.05) is 10.6 Å². The highest BCUT2D eigenvalue weighted by atomic mass is 15.3. The Morgan fingerprint density at radius 1 is 1.05 bits per heavy atom. The summed E-state index contributed by atoms with van der Waals surface area (Å²) < 4.78 is 0. The Hall–Kier alpha value is -2.17. The molecule has 1 atom stereocenters. The molecule has 1 unspecified atom stereocenters. The Bertz CT molecular complexity index is 527. The monoisotopic (exact) mass is 299 g/mol. The molecule has 1 aromatic heterocycles. The largest absolute Gasteiger partial charge is 0.350 e. The number of para-hydroxylation sites is 1. The molecule has 2 aromatic rings. The van der Waals surface area contributed by atoms with Crippen molar-refractivity contribution >= 4 is 17.5 Å². The van der Waals surface area contributed by atoms with Crippen molar-refractivity contribution < 1.29 is 0 Å². The minimum absolute atomic E-state index is 0.367. The standard InChI is InChI=1S/C17H25N5/c1-3-4-5-7-10-14(2)19-17-18-13-16(21-22-17)20-15-11-8-6-9-12-15/h6,8-9,11-14H,3-5,7,10H2,1-2H3,(H,20,21)(H,18,19,22). The third-order valence-corrected chi connectivity index (χ3v) is 3.47. The van der Waals surface area contributed by atoms with E-state index in [0.717, 1.165) is 12.1 Å². The average Bonchev–Trinajstić information content (AvgIpc) is 2.54. The summed E-state index contributed by atoms with van der Waals surface area (Å²) in [5.74, 6) is 1.23. The minimum atomic E-state index is 0.367. The van der Waals surface area contributed by atoms with Crippen LogP contribution in [0, 0.1) is 0 Å². The van der Waals surface area contributed by atoms with Crippen molar-refractivity contribution in [2.24, 2.45) is 0 Å². The number of nitrogens with one attached hydrogen (secondary N) is 2. The van der Waals surface area contributed by atoms with Crippen LogP contribution < -0.4 is 10.6 Å². The fourth-order valence-electron chi connectivity index (χ4n) is 2.24. The Labute approximate surface area is 132 Å². The number of anilines is 3. The van der Waals surface area contributed by atoms with Crippen molar-refractivity contribution in [3.63, 3.8) is 0 Å². The van der Waals surface area contributed by atoms with Crippen molar-refractivity contribution in [3.8, 4) is 0 Å². The van der Waals surface area contributed by atoms with Gasteiger partial charge in [0.2, 0.25) is 5.95 Å². The predicted molar refractivity (Wildman–Crippen MR) is 91.4 cm³/mol. The number of aromatic nitrogens is 3. The van der Waals surface area contributed by atoms with Gasteiger partial charge in [-0.1, -0.05) is 50.8 Å². The van der Waals surface area contributed by atoms with Crippen LogP contribution in [0.5, 0.6) is 0 Å². The van der Waals surface area contributed by atoms with Gasteiger partial charge in [-0.3, -0.25) is 0 Å². The maximum Gasteiger partial charge on any atom is 0.243 e. The molecule has 0 saturated heterocycles. The summed E-state index contributed by atoms with van der Waals surface area (Å²) >= 11 is 0. The van der Waals surface area contributed by atoms with Crippen LogP contribution in [-0.2, 0) is 0 Å². The maximum absolute atomic E-state index is 4.31. The fraction of sp³-hybridized carbons (Fsp3) is 0.471. The van der Waals surface area contributed by atoms with Crippen molar-refractivity contribution in [1.29, 1.82) is 0 Å². The first-order chi connectivity index (χ1) is 10.8. The normalized spacial score (nSPS) is 11.9. The zero-order chi connectivity index (χ0) is 15.6. The number of unbranched alkanes of at least 4 members (excludes halogenated alkanes) is 3. The molecular formula is C17H25N5. The molecule has 2 rings (SSSR count). The van der Waals surface area contributed by atoms with Gasteiger partial charge in [0.05, 0.1) is 6.20 Å². The summed E-state index contributed by atoms with van der Waals surface area (Å²) in [6.45, 7) is 4.39. The second-order valence-electron chi connectivity index (χ2n) is 5.55. The molecule has 0 radical (unpaired) electrons.